The lowest BCUT2D eigenvalue weighted by Gasteiger charge is -2.57. The molecule has 2 N–H and O–H groups in total. The van der Waals surface area contributed by atoms with E-state index < -0.39 is 17.8 Å². The smallest absolute Gasteiger partial charge is 0.335 e. The minimum Gasteiger partial charge on any atom is -0.504 e. The number of methoxy groups -OCH3 is 1. The van der Waals surface area contributed by atoms with Gasteiger partial charge in [-0.2, -0.15) is 0 Å². The number of imide groups is 2. The lowest BCUT2D eigenvalue weighted by Crippen LogP contribution is -2.54. The van der Waals surface area contributed by atoms with Crippen molar-refractivity contribution in [1.82, 2.24) is 5.32 Å². The quantitative estimate of drug-likeness (QED) is 0.503. The first-order valence-electron chi connectivity index (χ1n) is 12.2. The van der Waals surface area contributed by atoms with Gasteiger partial charge in [-0.05, 0) is 103 Å². The number of nitrogens with zero attached hydrogens (tertiary/aromatic N) is 1. The Hall–Kier alpha value is -3.61. The van der Waals surface area contributed by atoms with Gasteiger partial charge in [0.25, 0.3) is 11.8 Å². The molecule has 0 radical (unpaired) electrons. The van der Waals surface area contributed by atoms with Crippen LogP contribution in [0.25, 0.3) is 6.08 Å². The van der Waals surface area contributed by atoms with Crippen LogP contribution in [0.3, 0.4) is 0 Å². The van der Waals surface area contributed by atoms with Gasteiger partial charge in [-0.25, -0.2) is 9.69 Å². The lowest BCUT2D eigenvalue weighted by atomic mass is 9.48. The fourth-order valence-electron chi connectivity index (χ4n) is 7.27. The first-order chi connectivity index (χ1) is 16.8. The second kappa shape index (κ2) is 7.97. The normalized spacial score (nSPS) is 30.7. The van der Waals surface area contributed by atoms with Gasteiger partial charge in [0.05, 0.1) is 12.8 Å². The van der Waals surface area contributed by atoms with E-state index in [0.717, 1.165) is 22.7 Å². The minimum absolute atomic E-state index is 0.0509. The van der Waals surface area contributed by atoms with Crippen molar-refractivity contribution in [1.29, 1.82) is 0 Å². The molecular formula is C28H28N2O5. The molecule has 1 aliphatic heterocycles. The number of aromatic hydroxyl groups is 1. The fourth-order valence-corrected chi connectivity index (χ4v) is 7.27. The third-order valence-electron chi connectivity index (χ3n) is 8.39. The highest BCUT2D eigenvalue weighted by Gasteiger charge is 2.51. The Labute approximate surface area is 203 Å². The number of anilines is 1. The summed E-state index contributed by atoms with van der Waals surface area (Å²) in [6.45, 7) is 0. The highest BCUT2D eigenvalue weighted by atomic mass is 16.5. The molecular weight excluding hydrogens is 444 g/mol. The van der Waals surface area contributed by atoms with Gasteiger partial charge in [0.15, 0.2) is 11.5 Å². The molecule has 2 aromatic carbocycles. The topological polar surface area (TPSA) is 95.9 Å². The predicted octanol–water partition coefficient (Wildman–Crippen LogP) is 4.54. The summed E-state index contributed by atoms with van der Waals surface area (Å²) in [6.07, 6.45) is 9.21. The number of carbonyl (C=O) groups is 3. The molecule has 1 saturated heterocycles. The van der Waals surface area contributed by atoms with Crippen LogP contribution in [0.5, 0.6) is 11.5 Å². The van der Waals surface area contributed by atoms with E-state index in [0.29, 0.717) is 11.3 Å². The van der Waals surface area contributed by atoms with Crippen molar-refractivity contribution in [3.63, 3.8) is 0 Å². The van der Waals surface area contributed by atoms with E-state index in [-0.39, 0.29) is 22.5 Å². The highest BCUT2D eigenvalue weighted by molar-refractivity contribution is 6.39. The minimum atomic E-state index is -0.761. The van der Waals surface area contributed by atoms with Gasteiger partial charge in [-0.1, -0.05) is 18.2 Å². The van der Waals surface area contributed by atoms with Crippen molar-refractivity contribution >= 4 is 29.6 Å². The van der Waals surface area contributed by atoms with Gasteiger partial charge in [0.2, 0.25) is 0 Å². The molecule has 180 valence electrons. The summed E-state index contributed by atoms with van der Waals surface area (Å²) in [7, 11) is 1.41. The first kappa shape index (κ1) is 21.9. The van der Waals surface area contributed by atoms with E-state index in [1.54, 1.807) is 6.07 Å². The first-order valence-corrected chi connectivity index (χ1v) is 12.2. The molecule has 7 nitrogen and oxygen atoms in total. The van der Waals surface area contributed by atoms with Gasteiger partial charge in [0.1, 0.15) is 5.57 Å². The maximum absolute atomic E-state index is 13.3. The number of amides is 4. The SMILES string of the molecule is COc1cc(/C=C2\C(=O)NC(=O)N(c3ccc(C45CC6CC(CC(C6)C4)C5)cc3)C2=O)ccc1O. The third-order valence-corrected chi connectivity index (χ3v) is 8.39. The molecule has 5 aliphatic rings. The summed E-state index contributed by atoms with van der Waals surface area (Å²) in [5.41, 5.74) is 2.28. The second-order valence-electron chi connectivity index (χ2n) is 10.6. The predicted molar refractivity (Wildman–Crippen MR) is 130 cm³/mol. The van der Waals surface area contributed by atoms with E-state index in [2.05, 4.69) is 17.4 Å². The number of rotatable bonds is 4. The number of hydrogen-bond donors (Lipinski definition) is 2. The second-order valence-corrected chi connectivity index (χ2v) is 10.6. The van der Waals surface area contributed by atoms with Crippen molar-refractivity contribution in [2.75, 3.05) is 12.0 Å². The fraction of sp³-hybridized carbons (Fsp3) is 0.393. The summed E-state index contributed by atoms with van der Waals surface area (Å²) in [5.74, 6) is 1.20. The van der Waals surface area contributed by atoms with Crippen LogP contribution >= 0.6 is 0 Å². The molecule has 7 rings (SSSR count). The summed E-state index contributed by atoms with van der Waals surface area (Å²) in [4.78, 5) is 39.4. The van der Waals surface area contributed by atoms with Crippen molar-refractivity contribution in [2.45, 2.75) is 43.9 Å². The molecule has 1 heterocycles. The number of phenols is 1. The molecule has 2 aromatic rings. The van der Waals surface area contributed by atoms with E-state index in [9.17, 15) is 19.5 Å². The highest BCUT2D eigenvalue weighted by Crippen LogP contribution is 2.60. The van der Waals surface area contributed by atoms with E-state index in [1.807, 2.05) is 12.1 Å². The van der Waals surface area contributed by atoms with E-state index >= 15 is 0 Å². The van der Waals surface area contributed by atoms with Gasteiger partial charge >= 0.3 is 6.03 Å². The number of phenolic OH excluding ortho intramolecular Hbond substituents is 1. The standard InChI is InChI=1S/C28H28N2O5/c1-35-24-12-16(2-7-23(24)31)11-22-25(32)29-27(34)30(26(22)33)21-5-3-20(4-6-21)28-13-17-8-18(14-28)10-19(9-17)15-28/h2-7,11-12,17-19,31H,8-10,13-15H2,1H3,(H,29,32,34)/b22-11+. The van der Waals surface area contributed by atoms with Crippen LogP contribution < -0.4 is 15.0 Å². The molecule has 0 unspecified atom stereocenters. The number of nitrogens with one attached hydrogen (secondary N) is 1. The Morgan fingerprint density at radius 1 is 0.971 bits per heavy atom. The summed E-state index contributed by atoms with van der Waals surface area (Å²) >= 11 is 0. The van der Waals surface area contributed by atoms with Crippen LogP contribution in [0.2, 0.25) is 0 Å². The van der Waals surface area contributed by atoms with Gasteiger partial charge in [-0.3, -0.25) is 14.9 Å². The van der Waals surface area contributed by atoms with Gasteiger partial charge in [-0.15, -0.1) is 0 Å². The zero-order chi connectivity index (χ0) is 24.3. The van der Waals surface area contributed by atoms with Crippen LogP contribution in [0.15, 0.2) is 48.0 Å². The Morgan fingerprint density at radius 2 is 1.60 bits per heavy atom. The lowest BCUT2D eigenvalue weighted by molar-refractivity contribution is -0.122. The third kappa shape index (κ3) is 3.61. The number of ether oxygens (including phenoxy) is 1. The molecule has 4 bridgehead atoms. The molecule has 7 heteroatoms. The number of urea groups is 1. The molecule has 4 saturated carbocycles. The Balaban J connectivity index is 1.29. The van der Waals surface area contributed by atoms with E-state index in [1.165, 1.54) is 69.4 Å². The van der Waals surface area contributed by atoms with Crippen molar-refractivity contribution in [2.24, 2.45) is 17.8 Å². The Morgan fingerprint density at radius 3 is 2.20 bits per heavy atom. The largest absolute Gasteiger partial charge is 0.504 e. The van der Waals surface area contributed by atoms with Crippen LogP contribution in [-0.4, -0.2) is 30.1 Å². The molecule has 0 spiro atoms. The zero-order valence-electron chi connectivity index (χ0n) is 19.6. The summed E-state index contributed by atoms with van der Waals surface area (Å²) in [6, 6.07) is 11.5. The average molecular weight is 473 g/mol. The molecule has 4 aliphatic carbocycles. The monoisotopic (exact) mass is 472 g/mol. The number of carbonyl (C=O) groups excluding carboxylic acids is 3. The Kier molecular flexibility index (Phi) is 4.99. The van der Waals surface area contributed by atoms with Crippen LogP contribution in [0, 0.1) is 17.8 Å². The van der Waals surface area contributed by atoms with Crippen molar-refractivity contribution < 1.29 is 24.2 Å². The molecule has 35 heavy (non-hydrogen) atoms. The molecule has 5 fully saturated rings. The van der Waals surface area contributed by atoms with Crippen molar-refractivity contribution in [3.05, 3.63) is 59.2 Å². The van der Waals surface area contributed by atoms with Gasteiger partial charge < -0.3 is 9.84 Å². The maximum Gasteiger partial charge on any atom is 0.335 e. The van der Waals surface area contributed by atoms with Crippen LogP contribution in [0.1, 0.15) is 49.7 Å². The van der Waals surface area contributed by atoms with Crippen LogP contribution in [0.4, 0.5) is 10.5 Å². The molecule has 4 amide bonds. The maximum atomic E-state index is 13.3. The Bertz CT molecular complexity index is 1230. The van der Waals surface area contributed by atoms with Gasteiger partial charge in [0, 0.05) is 0 Å². The van der Waals surface area contributed by atoms with E-state index in [4.69, 9.17) is 4.74 Å². The molecule has 0 aromatic heterocycles. The summed E-state index contributed by atoms with van der Waals surface area (Å²) in [5, 5.41) is 12.1. The summed E-state index contributed by atoms with van der Waals surface area (Å²) < 4.78 is 5.11. The molecule has 0 atom stereocenters. The van der Waals surface area contributed by atoms with Crippen LogP contribution in [-0.2, 0) is 15.0 Å². The number of barbiturate groups is 1. The number of hydrogen-bond acceptors (Lipinski definition) is 5. The van der Waals surface area contributed by atoms with Crippen molar-refractivity contribution in [3.8, 4) is 11.5 Å². The average Bonchev–Trinajstić information content (AvgIpc) is 2.82. The number of benzene rings is 2. The zero-order valence-corrected chi connectivity index (χ0v) is 19.6.